The Kier molecular flexibility index (Phi) is 7.00. The summed E-state index contributed by atoms with van der Waals surface area (Å²) in [6.07, 6.45) is 3.58. The van der Waals surface area contributed by atoms with Gasteiger partial charge >= 0.3 is 0 Å². The highest BCUT2D eigenvalue weighted by Gasteiger charge is 2.30. The van der Waals surface area contributed by atoms with Crippen LogP contribution in [-0.4, -0.2) is 40.3 Å². The number of carbonyl (C=O) groups is 1. The van der Waals surface area contributed by atoms with Crippen molar-refractivity contribution in [3.63, 3.8) is 0 Å². The van der Waals surface area contributed by atoms with Crippen LogP contribution in [0.4, 0.5) is 5.69 Å². The standard InChI is InChI=1S/C27H34N2O5/c1-16-7-6-12-29(15-16)22-11-9-19-20(14-23(22)31)21(28-17(2)30)10-8-18-13-24(32-3)26(33-4)27(34-5)25(18)19/h9,11,13-14,16,21H,6-8,10,12,15H2,1-5H3,(H,28,30). The maximum absolute atomic E-state index is 13.5. The highest BCUT2D eigenvalue weighted by molar-refractivity contribution is 5.83. The Labute approximate surface area is 201 Å². The average Bonchev–Trinajstić information content (AvgIpc) is 3.06. The maximum atomic E-state index is 13.5. The molecule has 1 heterocycles. The van der Waals surface area contributed by atoms with Crippen molar-refractivity contribution in [2.45, 2.75) is 45.6 Å². The zero-order chi connectivity index (χ0) is 24.4. The fraction of sp³-hybridized carbons (Fsp3) is 0.481. The maximum Gasteiger partial charge on any atom is 0.217 e. The van der Waals surface area contributed by atoms with Crippen LogP contribution in [0.15, 0.2) is 29.1 Å². The largest absolute Gasteiger partial charge is 0.493 e. The van der Waals surface area contributed by atoms with E-state index in [1.165, 1.54) is 13.3 Å². The van der Waals surface area contributed by atoms with Crippen LogP contribution < -0.4 is 29.9 Å². The lowest BCUT2D eigenvalue weighted by atomic mass is 9.95. The molecule has 0 saturated carbocycles. The normalized spacial score (nSPS) is 19.4. The zero-order valence-corrected chi connectivity index (χ0v) is 20.7. The highest BCUT2D eigenvalue weighted by Crippen LogP contribution is 2.50. The van der Waals surface area contributed by atoms with Crippen LogP contribution in [0.2, 0.25) is 0 Å². The van der Waals surface area contributed by atoms with Crippen LogP contribution in [0, 0.1) is 5.92 Å². The van der Waals surface area contributed by atoms with Crippen LogP contribution in [0.25, 0.3) is 11.1 Å². The van der Waals surface area contributed by atoms with Gasteiger partial charge in [0.15, 0.2) is 11.5 Å². The molecular weight excluding hydrogens is 432 g/mol. The Morgan fingerprint density at radius 2 is 1.82 bits per heavy atom. The number of anilines is 1. The molecule has 7 nitrogen and oxygen atoms in total. The Hall–Kier alpha value is -3.22. The van der Waals surface area contributed by atoms with Gasteiger partial charge in [-0.05, 0) is 66.5 Å². The predicted octanol–water partition coefficient (Wildman–Crippen LogP) is 4.10. The van der Waals surface area contributed by atoms with E-state index < -0.39 is 0 Å². The summed E-state index contributed by atoms with van der Waals surface area (Å²) in [4.78, 5) is 27.8. The van der Waals surface area contributed by atoms with E-state index in [0.29, 0.717) is 41.7 Å². The van der Waals surface area contributed by atoms with Crippen LogP contribution in [0.3, 0.4) is 0 Å². The number of fused-ring (bicyclic) bond motifs is 3. The third-order valence-electron chi connectivity index (χ3n) is 6.89. The monoisotopic (exact) mass is 466 g/mol. The molecule has 1 amide bonds. The number of benzene rings is 1. The van der Waals surface area contributed by atoms with Crippen molar-refractivity contribution in [3.05, 3.63) is 45.6 Å². The number of piperidine rings is 1. The summed E-state index contributed by atoms with van der Waals surface area (Å²) in [7, 11) is 4.79. The summed E-state index contributed by atoms with van der Waals surface area (Å²) in [6, 6.07) is 7.30. The molecule has 2 aromatic carbocycles. The van der Waals surface area contributed by atoms with Crippen molar-refractivity contribution in [3.8, 4) is 28.4 Å². The topological polar surface area (TPSA) is 77.1 Å². The van der Waals surface area contributed by atoms with Crippen molar-refractivity contribution in [2.24, 2.45) is 5.92 Å². The summed E-state index contributed by atoms with van der Waals surface area (Å²) >= 11 is 0. The fourth-order valence-corrected chi connectivity index (χ4v) is 5.37. The minimum absolute atomic E-state index is 0.0337. The molecule has 1 aliphatic carbocycles. The number of nitrogens with zero attached hydrogens (tertiary/aromatic N) is 1. The van der Waals surface area contributed by atoms with E-state index >= 15 is 0 Å². The number of ether oxygens (including phenoxy) is 3. The lowest BCUT2D eigenvalue weighted by Crippen LogP contribution is -2.36. The van der Waals surface area contributed by atoms with Crippen molar-refractivity contribution in [1.29, 1.82) is 0 Å². The third kappa shape index (κ3) is 4.43. The molecule has 182 valence electrons. The van der Waals surface area contributed by atoms with E-state index in [1.807, 2.05) is 18.2 Å². The first-order valence-corrected chi connectivity index (χ1v) is 11.9. The minimum Gasteiger partial charge on any atom is -0.493 e. The first-order chi connectivity index (χ1) is 16.4. The predicted molar refractivity (Wildman–Crippen MR) is 133 cm³/mol. The molecule has 1 saturated heterocycles. The van der Waals surface area contributed by atoms with Gasteiger partial charge in [0, 0.05) is 25.6 Å². The molecule has 2 atom stereocenters. The number of hydrogen-bond donors (Lipinski definition) is 1. The van der Waals surface area contributed by atoms with Crippen molar-refractivity contribution >= 4 is 11.6 Å². The number of nitrogens with one attached hydrogen (secondary N) is 1. The van der Waals surface area contributed by atoms with Gasteiger partial charge in [-0.15, -0.1) is 0 Å². The molecule has 1 fully saturated rings. The highest BCUT2D eigenvalue weighted by atomic mass is 16.5. The SMILES string of the molecule is COc1cc2c(c(OC)c1OC)-c1ccc(N3CCCC(C)C3)c(=O)cc1C(NC(C)=O)CC2. The lowest BCUT2D eigenvalue weighted by Gasteiger charge is -2.31. The summed E-state index contributed by atoms with van der Waals surface area (Å²) < 4.78 is 17.1. The number of methoxy groups -OCH3 is 3. The number of amides is 1. The van der Waals surface area contributed by atoms with Crippen LogP contribution in [0.1, 0.15) is 50.3 Å². The molecule has 1 aliphatic heterocycles. The van der Waals surface area contributed by atoms with Gasteiger partial charge in [-0.25, -0.2) is 0 Å². The van der Waals surface area contributed by atoms with E-state index in [0.717, 1.165) is 41.8 Å². The fourth-order valence-electron chi connectivity index (χ4n) is 5.37. The summed E-state index contributed by atoms with van der Waals surface area (Å²) in [5, 5.41) is 3.06. The summed E-state index contributed by atoms with van der Waals surface area (Å²) in [5.41, 5.74) is 4.21. The molecule has 2 unspecified atom stereocenters. The van der Waals surface area contributed by atoms with Crippen LogP contribution in [-0.2, 0) is 11.2 Å². The minimum atomic E-state index is -0.296. The molecule has 0 spiro atoms. The van der Waals surface area contributed by atoms with Gasteiger partial charge in [-0.1, -0.05) is 13.0 Å². The molecule has 34 heavy (non-hydrogen) atoms. The Morgan fingerprint density at radius 1 is 1.06 bits per heavy atom. The smallest absolute Gasteiger partial charge is 0.217 e. The van der Waals surface area contributed by atoms with Crippen molar-refractivity contribution in [2.75, 3.05) is 39.3 Å². The molecule has 7 heteroatoms. The third-order valence-corrected chi connectivity index (χ3v) is 6.89. The van der Waals surface area contributed by atoms with Gasteiger partial charge in [0.25, 0.3) is 0 Å². The quantitative estimate of drug-likeness (QED) is 0.715. The van der Waals surface area contributed by atoms with Gasteiger partial charge < -0.3 is 24.4 Å². The van der Waals surface area contributed by atoms with Gasteiger partial charge in [0.2, 0.25) is 17.1 Å². The number of hydrogen-bond acceptors (Lipinski definition) is 6. The van der Waals surface area contributed by atoms with E-state index in [4.69, 9.17) is 14.2 Å². The Balaban J connectivity index is 1.99. The zero-order valence-electron chi connectivity index (χ0n) is 20.7. The van der Waals surface area contributed by atoms with E-state index in [2.05, 4.69) is 17.1 Å². The molecule has 0 bridgehead atoms. The van der Waals surface area contributed by atoms with Crippen molar-refractivity contribution < 1.29 is 19.0 Å². The first kappa shape index (κ1) is 23.9. The molecule has 1 N–H and O–H groups in total. The van der Waals surface area contributed by atoms with Crippen LogP contribution in [0.5, 0.6) is 17.2 Å². The lowest BCUT2D eigenvalue weighted by molar-refractivity contribution is -0.119. The van der Waals surface area contributed by atoms with Gasteiger partial charge in [0.05, 0.1) is 33.1 Å². The number of carbonyl (C=O) groups excluding carboxylic acids is 1. The number of aryl methyl sites for hydroxylation is 1. The second-order valence-electron chi connectivity index (χ2n) is 9.26. The Bertz CT molecular complexity index is 1150. The average molecular weight is 467 g/mol. The molecule has 2 aliphatic rings. The van der Waals surface area contributed by atoms with Crippen molar-refractivity contribution in [1.82, 2.24) is 5.32 Å². The van der Waals surface area contributed by atoms with Gasteiger partial charge in [-0.2, -0.15) is 0 Å². The van der Waals surface area contributed by atoms with E-state index in [1.54, 1.807) is 27.4 Å². The van der Waals surface area contributed by atoms with E-state index in [-0.39, 0.29) is 17.4 Å². The Morgan fingerprint density at radius 3 is 2.47 bits per heavy atom. The summed E-state index contributed by atoms with van der Waals surface area (Å²) in [5.74, 6) is 2.07. The second-order valence-corrected chi connectivity index (χ2v) is 9.26. The van der Waals surface area contributed by atoms with Crippen LogP contribution >= 0.6 is 0 Å². The number of rotatable bonds is 5. The van der Waals surface area contributed by atoms with Gasteiger partial charge in [0.1, 0.15) is 0 Å². The first-order valence-electron chi connectivity index (χ1n) is 11.9. The summed E-state index contributed by atoms with van der Waals surface area (Å²) in [6.45, 7) is 5.46. The molecule has 2 aromatic rings. The van der Waals surface area contributed by atoms with E-state index in [9.17, 15) is 9.59 Å². The molecular formula is C27H34N2O5. The molecule has 0 aromatic heterocycles. The molecule has 4 rings (SSSR count). The second kappa shape index (κ2) is 9.95. The molecule has 0 radical (unpaired) electrons. The van der Waals surface area contributed by atoms with Gasteiger partial charge in [-0.3, -0.25) is 9.59 Å².